The molecule has 0 radical (unpaired) electrons. The quantitative estimate of drug-likeness (QED) is 0.861. The first-order valence-corrected chi connectivity index (χ1v) is 8.26. The van der Waals surface area contributed by atoms with Crippen molar-refractivity contribution in [2.24, 2.45) is 0 Å². The molecular formula is C20H22N2O2. The van der Waals surface area contributed by atoms with Gasteiger partial charge in [-0.1, -0.05) is 42.5 Å². The van der Waals surface area contributed by atoms with Crippen molar-refractivity contribution >= 4 is 17.5 Å². The third kappa shape index (κ3) is 3.48. The summed E-state index contributed by atoms with van der Waals surface area (Å²) in [6.07, 6.45) is 0.912. The second kappa shape index (κ2) is 6.87. The predicted molar refractivity (Wildman–Crippen MR) is 94.8 cm³/mol. The molecule has 0 aliphatic carbocycles. The summed E-state index contributed by atoms with van der Waals surface area (Å²) >= 11 is 0. The number of carbonyl (C=O) groups excluding carboxylic acids is 2. The Balaban J connectivity index is 1.66. The first kappa shape index (κ1) is 16.2. The molecule has 1 fully saturated rings. The van der Waals surface area contributed by atoms with E-state index in [9.17, 15) is 9.59 Å². The molecular weight excluding hydrogens is 300 g/mol. The molecule has 0 bridgehead atoms. The lowest BCUT2D eigenvalue weighted by Gasteiger charge is -2.17. The number of benzene rings is 2. The highest BCUT2D eigenvalue weighted by atomic mass is 16.2. The van der Waals surface area contributed by atoms with Crippen molar-refractivity contribution in [3.05, 3.63) is 65.2 Å². The third-order valence-electron chi connectivity index (χ3n) is 4.43. The number of nitrogens with zero attached hydrogens (tertiary/aromatic N) is 1. The van der Waals surface area contributed by atoms with E-state index in [1.165, 1.54) is 4.90 Å². The van der Waals surface area contributed by atoms with Crippen molar-refractivity contribution < 1.29 is 9.59 Å². The van der Waals surface area contributed by atoms with E-state index in [1.807, 2.05) is 62.4 Å². The number of amides is 2. The van der Waals surface area contributed by atoms with Gasteiger partial charge in [0.15, 0.2) is 0 Å². The van der Waals surface area contributed by atoms with Gasteiger partial charge in [-0.15, -0.1) is 0 Å². The zero-order valence-corrected chi connectivity index (χ0v) is 14.1. The van der Waals surface area contributed by atoms with Crippen LogP contribution in [0.1, 0.15) is 23.1 Å². The van der Waals surface area contributed by atoms with Crippen molar-refractivity contribution in [2.45, 2.75) is 32.7 Å². The van der Waals surface area contributed by atoms with Crippen LogP contribution in [0.4, 0.5) is 5.69 Å². The van der Waals surface area contributed by atoms with Crippen LogP contribution < -0.4 is 5.32 Å². The highest BCUT2D eigenvalue weighted by Gasteiger charge is 2.38. The maximum atomic E-state index is 12.6. The van der Waals surface area contributed by atoms with Crippen molar-refractivity contribution in [3.63, 3.8) is 0 Å². The minimum Gasteiger partial charge on any atom is -0.373 e. The van der Waals surface area contributed by atoms with Crippen molar-refractivity contribution in [3.8, 4) is 0 Å². The van der Waals surface area contributed by atoms with Crippen LogP contribution in [0.15, 0.2) is 48.5 Å². The Bertz CT molecular complexity index is 755. The number of hydrogen-bond acceptors (Lipinski definition) is 3. The minimum atomic E-state index is -0.464. The Morgan fingerprint density at radius 3 is 2.58 bits per heavy atom. The highest BCUT2D eigenvalue weighted by molar-refractivity contribution is 6.06. The van der Waals surface area contributed by atoms with Gasteiger partial charge in [-0.25, -0.2) is 0 Å². The Morgan fingerprint density at radius 1 is 1.08 bits per heavy atom. The van der Waals surface area contributed by atoms with Crippen molar-refractivity contribution in [1.29, 1.82) is 0 Å². The van der Waals surface area contributed by atoms with E-state index in [0.29, 0.717) is 13.0 Å². The fraction of sp³-hybridized carbons (Fsp3) is 0.300. The second-order valence-corrected chi connectivity index (χ2v) is 6.34. The molecule has 4 nitrogen and oxygen atoms in total. The van der Waals surface area contributed by atoms with Crippen LogP contribution in [0.25, 0.3) is 0 Å². The minimum absolute atomic E-state index is 0.0984. The van der Waals surface area contributed by atoms with Crippen LogP contribution in [-0.4, -0.2) is 29.3 Å². The summed E-state index contributed by atoms with van der Waals surface area (Å²) in [7, 11) is 0. The van der Waals surface area contributed by atoms with Crippen LogP contribution in [0, 0.1) is 13.8 Å². The molecule has 1 aliphatic rings. The summed E-state index contributed by atoms with van der Waals surface area (Å²) in [6, 6.07) is 15.5. The zero-order valence-electron chi connectivity index (χ0n) is 14.1. The smallest absolute Gasteiger partial charge is 0.252 e. The standard InChI is InChI=1S/C20H22N2O2/c1-14-8-9-15(2)17(12-14)21-18-13-19(23)22(20(18)24)11-10-16-6-4-3-5-7-16/h3-9,12,18,21H,10-11,13H2,1-2H3/t18-/m0/s1. The third-order valence-corrected chi connectivity index (χ3v) is 4.43. The second-order valence-electron chi connectivity index (χ2n) is 6.34. The SMILES string of the molecule is Cc1ccc(C)c(N[C@H]2CC(=O)N(CCc3ccccc3)C2=O)c1. The van der Waals surface area contributed by atoms with E-state index < -0.39 is 6.04 Å². The van der Waals surface area contributed by atoms with Crippen LogP contribution in [0.2, 0.25) is 0 Å². The summed E-state index contributed by atoms with van der Waals surface area (Å²) in [4.78, 5) is 26.2. The topological polar surface area (TPSA) is 49.4 Å². The number of aryl methyl sites for hydroxylation is 2. The van der Waals surface area contributed by atoms with E-state index in [-0.39, 0.29) is 18.2 Å². The van der Waals surface area contributed by atoms with E-state index in [0.717, 1.165) is 22.4 Å². The largest absolute Gasteiger partial charge is 0.373 e. The van der Waals surface area contributed by atoms with E-state index >= 15 is 0 Å². The predicted octanol–water partition coefficient (Wildman–Crippen LogP) is 3.09. The van der Waals surface area contributed by atoms with E-state index in [4.69, 9.17) is 0 Å². The summed E-state index contributed by atoms with van der Waals surface area (Å²) in [5.41, 5.74) is 4.25. The van der Waals surface area contributed by atoms with E-state index in [2.05, 4.69) is 5.32 Å². The number of rotatable bonds is 5. The molecule has 1 aliphatic heterocycles. The average molecular weight is 322 g/mol. The number of carbonyl (C=O) groups is 2. The highest BCUT2D eigenvalue weighted by Crippen LogP contribution is 2.22. The van der Waals surface area contributed by atoms with Crippen molar-refractivity contribution in [1.82, 2.24) is 4.90 Å². The van der Waals surface area contributed by atoms with Gasteiger partial charge in [0.1, 0.15) is 6.04 Å². The molecule has 1 heterocycles. The maximum Gasteiger partial charge on any atom is 0.252 e. The first-order chi connectivity index (χ1) is 11.5. The van der Waals surface area contributed by atoms with Crippen LogP contribution in [0.5, 0.6) is 0 Å². The Labute approximate surface area is 142 Å². The molecule has 2 aromatic rings. The molecule has 0 aromatic heterocycles. The van der Waals surface area contributed by atoms with Gasteiger partial charge < -0.3 is 5.32 Å². The van der Waals surface area contributed by atoms with Gasteiger partial charge in [-0.05, 0) is 43.0 Å². The molecule has 2 aromatic carbocycles. The summed E-state index contributed by atoms with van der Waals surface area (Å²) in [5, 5.41) is 3.25. The number of nitrogens with one attached hydrogen (secondary N) is 1. The fourth-order valence-electron chi connectivity index (χ4n) is 3.00. The first-order valence-electron chi connectivity index (χ1n) is 8.26. The Hall–Kier alpha value is -2.62. The molecule has 0 unspecified atom stereocenters. The lowest BCUT2D eigenvalue weighted by molar-refractivity contribution is -0.138. The van der Waals surface area contributed by atoms with Gasteiger partial charge in [0.05, 0.1) is 6.42 Å². The van der Waals surface area contributed by atoms with Gasteiger partial charge >= 0.3 is 0 Å². The number of anilines is 1. The van der Waals surface area contributed by atoms with Gasteiger partial charge in [-0.3, -0.25) is 14.5 Å². The normalized spacial score (nSPS) is 17.4. The molecule has 1 atom stereocenters. The van der Waals surface area contributed by atoms with E-state index in [1.54, 1.807) is 0 Å². The van der Waals surface area contributed by atoms with Crippen LogP contribution in [0.3, 0.4) is 0 Å². The van der Waals surface area contributed by atoms with Crippen molar-refractivity contribution in [2.75, 3.05) is 11.9 Å². The maximum absolute atomic E-state index is 12.6. The number of likely N-dealkylation sites (tertiary alicyclic amines) is 1. The Kier molecular flexibility index (Phi) is 4.65. The van der Waals surface area contributed by atoms with Gasteiger partial charge in [0.25, 0.3) is 5.91 Å². The van der Waals surface area contributed by atoms with Gasteiger partial charge in [-0.2, -0.15) is 0 Å². The summed E-state index contributed by atoms with van der Waals surface area (Å²) in [6.45, 7) is 4.45. The fourth-order valence-corrected chi connectivity index (χ4v) is 3.00. The monoisotopic (exact) mass is 322 g/mol. The molecule has 24 heavy (non-hydrogen) atoms. The van der Waals surface area contributed by atoms with Crippen LogP contribution in [-0.2, 0) is 16.0 Å². The number of imide groups is 1. The Morgan fingerprint density at radius 2 is 1.83 bits per heavy atom. The average Bonchev–Trinajstić information content (AvgIpc) is 2.84. The van der Waals surface area contributed by atoms with Gasteiger partial charge in [0.2, 0.25) is 5.91 Å². The van der Waals surface area contributed by atoms with Gasteiger partial charge in [0, 0.05) is 12.2 Å². The molecule has 3 rings (SSSR count). The summed E-state index contributed by atoms with van der Waals surface area (Å²) in [5.74, 6) is -0.226. The lowest BCUT2D eigenvalue weighted by atomic mass is 10.1. The lowest BCUT2D eigenvalue weighted by Crippen LogP contribution is -2.36. The number of hydrogen-bond donors (Lipinski definition) is 1. The van der Waals surface area contributed by atoms with Crippen LogP contribution >= 0.6 is 0 Å². The molecule has 0 saturated carbocycles. The zero-order chi connectivity index (χ0) is 17.1. The molecule has 1 N–H and O–H groups in total. The molecule has 2 amide bonds. The molecule has 0 spiro atoms. The molecule has 124 valence electrons. The molecule has 1 saturated heterocycles. The summed E-state index contributed by atoms with van der Waals surface area (Å²) < 4.78 is 0. The molecule has 4 heteroatoms.